The molecule has 1 N–H and O–H groups in total. The maximum atomic E-state index is 13.3. The van der Waals surface area contributed by atoms with Crippen LogP contribution < -0.4 is 5.56 Å². The number of imidazole rings is 1. The maximum absolute atomic E-state index is 13.3. The molecule has 0 aliphatic carbocycles. The average molecular weight is 387 g/mol. The van der Waals surface area contributed by atoms with Crippen molar-refractivity contribution in [1.29, 1.82) is 0 Å². The molecule has 0 radical (unpaired) electrons. The summed E-state index contributed by atoms with van der Waals surface area (Å²) in [5.74, 6) is 0.681. The summed E-state index contributed by atoms with van der Waals surface area (Å²) in [6, 6.07) is 14.3. The molecule has 2 aromatic heterocycles. The molecule has 29 heavy (non-hydrogen) atoms. The second-order valence-electron chi connectivity index (χ2n) is 7.49. The van der Waals surface area contributed by atoms with E-state index in [1.54, 1.807) is 19.2 Å². The third-order valence-electron chi connectivity index (χ3n) is 5.70. The van der Waals surface area contributed by atoms with Gasteiger partial charge in [-0.05, 0) is 38.0 Å². The first-order chi connectivity index (χ1) is 14.1. The van der Waals surface area contributed by atoms with Crippen molar-refractivity contribution < 1.29 is 4.79 Å². The number of para-hydroxylation sites is 2. The summed E-state index contributed by atoms with van der Waals surface area (Å²) >= 11 is 0. The Hall–Kier alpha value is -3.48. The van der Waals surface area contributed by atoms with Gasteiger partial charge in [0.1, 0.15) is 11.9 Å². The van der Waals surface area contributed by atoms with Crippen LogP contribution in [0.1, 0.15) is 37.7 Å². The SMILES string of the molecule is C[C@H](C(=O)N1CCC[C@@H]1c1nc2ccccc2[nH]1)n1ncc2ccccc2c1=O. The minimum atomic E-state index is -0.683. The van der Waals surface area contributed by atoms with Crippen molar-refractivity contribution >= 4 is 27.7 Å². The molecule has 7 heteroatoms. The number of carbonyl (C=O) groups is 1. The third-order valence-corrected chi connectivity index (χ3v) is 5.70. The number of hydrogen-bond acceptors (Lipinski definition) is 4. The van der Waals surface area contributed by atoms with E-state index in [9.17, 15) is 9.59 Å². The summed E-state index contributed by atoms with van der Waals surface area (Å²) < 4.78 is 1.29. The first-order valence-corrected chi connectivity index (χ1v) is 9.85. The van der Waals surface area contributed by atoms with E-state index in [1.807, 2.05) is 47.4 Å². The van der Waals surface area contributed by atoms with Gasteiger partial charge in [0.05, 0.1) is 28.7 Å². The third kappa shape index (κ3) is 2.90. The minimum Gasteiger partial charge on any atom is -0.340 e. The number of rotatable bonds is 3. The Labute approximate surface area is 167 Å². The van der Waals surface area contributed by atoms with Crippen molar-refractivity contribution in [3.63, 3.8) is 0 Å². The summed E-state index contributed by atoms with van der Waals surface area (Å²) in [7, 11) is 0. The number of carbonyl (C=O) groups excluding carboxylic acids is 1. The van der Waals surface area contributed by atoms with E-state index in [1.165, 1.54) is 4.68 Å². The van der Waals surface area contributed by atoms with E-state index in [4.69, 9.17) is 0 Å². The summed E-state index contributed by atoms with van der Waals surface area (Å²) in [5.41, 5.74) is 1.60. The fourth-order valence-electron chi connectivity index (χ4n) is 4.17. The molecule has 1 saturated heterocycles. The van der Waals surface area contributed by atoms with E-state index >= 15 is 0 Å². The first kappa shape index (κ1) is 17.6. The van der Waals surface area contributed by atoms with Gasteiger partial charge < -0.3 is 9.88 Å². The molecule has 0 saturated carbocycles. The molecule has 1 fully saturated rings. The van der Waals surface area contributed by atoms with Gasteiger partial charge in [-0.1, -0.05) is 30.3 Å². The number of nitrogens with zero attached hydrogens (tertiary/aromatic N) is 4. The van der Waals surface area contributed by atoms with E-state index in [2.05, 4.69) is 15.1 Å². The van der Waals surface area contributed by atoms with Crippen LogP contribution in [-0.2, 0) is 4.79 Å². The quantitative estimate of drug-likeness (QED) is 0.585. The smallest absolute Gasteiger partial charge is 0.275 e. The summed E-state index contributed by atoms with van der Waals surface area (Å²) in [4.78, 5) is 36.0. The standard InChI is InChI=1S/C22H21N5O2/c1-14(27-22(29)16-8-3-2-7-15(16)13-23-27)21(28)26-12-6-11-19(26)20-24-17-9-4-5-10-18(17)25-20/h2-5,7-10,13-14,19H,6,11-12H2,1H3,(H,24,25)/t14-,19-/m1/s1. The fraction of sp³-hybridized carbons (Fsp3) is 0.273. The molecule has 3 heterocycles. The molecule has 146 valence electrons. The van der Waals surface area contributed by atoms with Gasteiger partial charge in [0.2, 0.25) is 5.91 Å². The average Bonchev–Trinajstić information content (AvgIpc) is 3.40. The number of aromatic nitrogens is 4. The summed E-state index contributed by atoms with van der Waals surface area (Å²) in [6.45, 7) is 2.38. The lowest BCUT2D eigenvalue weighted by Crippen LogP contribution is -2.40. The van der Waals surface area contributed by atoms with Crippen LogP contribution in [0.4, 0.5) is 0 Å². The number of fused-ring (bicyclic) bond motifs is 2. The van der Waals surface area contributed by atoms with Crippen LogP contribution in [0.5, 0.6) is 0 Å². The largest absolute Gasteiger partial charge is 0.340 e. The van der Waals surface area contributed by atoms with Crippen molar-refractivity contribution in [2.75, 3.05) is 6.54 Å². The summed E-state index contributed by atoms with van der Waals surface area (Å²) in [6.07, 6.45) is 3.39. The molecule has 4 aromatic rings. The van der Waals surface area contributed by atoms with Crippen LogP contribution in [-0.4, -0.2) is 37.1 Å². The van der Waals surface area contributed by atoms with Gasteiger partial charge in [-0.15, -0.1) is 0 Å². The number of hydrogen-bond donors (Lipinski definition) is 1. The number of aromatic amines is 1. The van der Waals surface area contributed by atoms with Gasteiger partial charge in [0, 0.05) is 11.9 Å². The molecular formula is C22H21N5O2. The Morgan fingerprint density at radius 1 is 1.17 bits per heavy atom. The molecule has 7 nitrogen and oxygen atoms in total. The number of amides is 1. The van der Waals surface area contributed by atoms with Gasteiger partial charge in [-0.2, -0.15) is 5.10 Å². The van der Waals surface area contributed by atoms with E-state index < -0.39 is 6.04 Å². The second-order valence-corrected chi connectivity index (χ2v) is 7.49. The van der Waals surface area contributed by atoms with Gasteiger partial charge in [0.25, 0.3) is 5.56 Å². The zero-order valence-electron chi connectivity index (χ0n) is 16.1. The van der Waals surface area contributed by atoms with Crippen LogP contribution in [0.15, 0.2) is 59.5 Å². The molecule has 0 spiro atoms. The monoisotopic (exact) mass is 387 g/mol. The van der Waals surface area contributed by atoms with E-state index in [0.29, 0.717) is 11.9 Å². The van der Waals surface area contributed by atoms with Crippen LogP contribution in [0.3, 0.4) is 0 Å². The minimum absolute atomic E-state index is 0.113. The Bertz CT molecular complexity index is 1240. The van der Waals surface area contributed by atoms with Crippen molar-refractivity contribution in [2.45, 2.75) is 31.8 Å². The molecule has 2 aromatic carbocycles. The predicted molar refractivity (Wildman–Crippen MR) is 110 cm³/mol. The van der Waals surface area contributed by atoms with Crippen molar-refractivity contribution in [2.24, 2.45) is 0 Å². The van der Waals surface area contributed by atoms with Gasteiger partial charge in [-0.3, -0.25) is 9.59 Å². The lowest BCUT2D eigenvalue weighted by Gasteiger charge is -2.26. The van der Waals surface area contributed by atoms with Crippen LogP contribution >= 0.6 is 0 Å². The van der Waals surface area contributed by atoms with Crippen molar-refractivity contribution in [3.8, 4) is 0 Å². The highest BCUT2D eigenvalue weighted by molar-refractivity contribution is 5.83. The molecule has 1 amide bonds. The zero-order chi connectivity index (χ0) is 20.0. The van der Waals surface area contributed by atoms with Gasteiger partial charge >= 0.3 is 0 Å². The molecule has 2 atom stereocenters. The number of nitrogens with one attached hydrogen (secondary N) is 1. The lowest BCUT2D eigenvalue weighted by atomic mass is 10.2. The molecule has 0 unspecified atom stereocenters. The van der Waals surface area contributed by atoms with Gasteiger partial charge in [-0.25, -0.2) is 9.67 Å². The Balaban J connectivity index is 1.47. The molecule has 1 aliphatic heterocycles. The molecule has 0 bridgehead atoms. The maximum Gasteiger partial charge on any atom is 0.275 e. The zero-order valence-corrected chi connectivity index (χ0v) is 16.1. The number of H-pyrrole nitrogens is 1. The molecular weight excluding hydrogens is 366 g/mol. The summed E-state index contributed by atoms with van der Waals surface area (Å²) in [5, 5.41) is 5.60. The van der Waals surface area contributed by atoms with E-state index in [-0.39, 0.29) is 17.5 Å². The Morgan fingerprint density at radius 3 is 2.83 bits per heavy atom. The van der Waals surface area contributed by atoms with E-state index in [0.717, 1.165) is 35.1 Å². The topological polar surface area (TPSA) is 83.9 Å². The highest BCUT2D eigenvalue weighted by Gasteiger charge is 2.35. The highest BCUT2D eigenvalue weighted by Crippen LogP contribution is 2.33. The van der Waals surface area contributed by atoms with Crippen molar-refractivity contribution in [1.82, 2.24) is 24.6 Å². The van der Waals surface area contributed by atoms with Crippen LogP contribution in [0.2, 0.25) is 0 Å². The predicted octanol–water partition coefficient (Wildman–Crippen LogP) is 3.20. The second kappa shape index (κ2) is 6.84. The number of benzene rings is 2. The Morgan fingerprint density at radius 2 is 1.97 bits per heavy atom. The lowest BCUT2D eigenvalue weighted by molar-refractivity contribution is -0.135. The van der Waals surface area contributed by atoms with Crippen LogP contribution in [0.25, 0.3) is 21.8 Å². The van der Waals surface area contributed by atoms with Crippen LogP contribution in [0, 0.1) is 0 Å². The number of likely N-dealkylation sites (tertiary alicyclic amines) is 1. The normalized spacial score (nSPS) is 17.8. The molecule has 1 aliphatic rings. The van der Waals surface area contributed by atoms with Crippen molar-refractivity contribution in [3.05, 3.63) is 70.9 Å². The Kier molecular flexibility index (Phi) is 4.16. The van der Waals surface area contributed by atoms with Gasteiger partial charge in [0.15, 0.2) is 0 Å². The highest BCUT2D eigenvalue weighted by atomic mass is 16.2. The molecule has 5 rings (SSSR count). The fourth-order valence-corrected chi connectivity index (χ4v) is 4.17. The first-order valence-electron chi connectivity index (χ1n) is 9.85.